The second-order valence-corrected chi connectivity index (χ2v) is 4.96. The van der Waals surface area contributed by atoms with Gasteiger partial charge in [-0.25, -0.2) is 4.79 Å². The van der Waals surface area contributed by atoms with E-state index >= 15 is 0 Å². The Kier molecular flexibility index (Phi) is 3.65. The molecule has 0 amide bonds. The summed E-state index contributed by atoms with van der Waals surface area (Å²) in [4.78, 5) is 35.3. The Morgan fingerprint density at radius 2 is 2.17 bits per heavy atom. The fourth-order valence-corrected chi connectivity index (χ4v) is 2.20. The molecular formula is C12H10INO4. The Morgan fingerprint density at radius 3 is 2.83 bits per heavy atom. The monoisotopic (exact) mass is 359 g/mol. The molecule has 0 aliphatic carbocycles. The molecule has 0 saturated carbocycles. The van der Waals surface area contributed by atoms with Crippen LogP contribution in [-0.4, -0.2) is 30.2 Å². The smallest absolute Gasteiger partial charge is 0.336 e. The van der Waals surface area contributed by atoms with E-state index in [1.165, 1.54) is 0 Å². The van der Waals surface area contributed by atoms with Gasteiger partial charge < -0.3 is 10.1 Å². The first-order chi connectivity index (χ1) is 8.54. The molecule has 1 heterocycles. The Balaban J connectivity index is 2.37. The summed E-state index contributed by atoms with van der Waals surface area (Å²) in [6, 6.07) is 3.85. The van der Waals surface area contributed by atoms with E-state index in [-0.39, 0.29) is 6.61 Å². The van der Waals surface area contributed by atoms with E-state index in [1.54, 1.807) is 25.1 Å². The number of fused-ring (bicyclic) bond motifs is 1. The SMILES string of the molecule is CCOC(=O)C1Nc2ccc(I)cc2C(=O)C1=O. The summed E-state index contributed by atoms with van der Waals surface area (Å²) in [6.45, 7) is 1.81. The highest BCUT2D eigenvalue weighted by atomic mass is 127. The minimum atomic E-state index is -1.23. The number of ether oxygens (including phenoxy) is 1. The molecule has 0 saturated heterocycles. The maximum atomic E-state index is 11.9. The van der Waals surface area contributed by atoms with Crippen LogP contribution < -0.4 is 5.32 Å². The van der Waals surface area contributed by atoms with Crippen LogP contribution in [0.15, 0.2) is 18.2 Å². The van der Waals surface area contributed by atoms with Crippen molar-refractivity contribution in [2.75, 3.05) is 11.9 Å². The normalized spacial score (nSPS) is 18.0. The van der Waals surface area contributed by atoms with Crippen LogP contribution in [0.4, 0.5) is 5.69 Å². The molecule has 1 N–H and O–H groups in total. The predicted molar refractivity (Wildman–Crippen MR) is 72.5 cm³/mol. The highest BCUT2D eigenvalue weighted by Crippen LogP contribution is 2.25. The summed E-state index contributed by atoms with van der Waals surface area (Å²) in [5, 5.41) is 2.74. The van der Waals surface area contributed by atoms with Crippen molar-refractivity contribution < 1.29 is 19.1 Å². The van der Waals surface area contributed by atoms with Crippen molar-refractivity contribution in [3.05, 3.63) is 27.3 Å². The van der Waals surface area contributed by atoms with Crippen molar-refractivity contribution in [1.82, 2.24) is 0 Å². The van der Waals surface area contributed by atoms with Gasteiger partial charge in [0.1, 0.15) is 0 Å². The first kappa shape index (κ1) is 13.0. The summed E-state index contributed by atoms with van der Waals surface area (Å²) in [7, 11) is 0. The van der Waals surface area contributed by atoms with Crippen molar-refractivity contribution in [3.63, 3.8) is 0 Å². The van der Waals surface area contributed by atoms with Crippen molar-refractivity contribution in [2.45, 2.75) is 13.0 Å². The molecule has 0 bridgehead atoms. The van der Waals surface area contributed by atoms with Gasteiger partial charge >= 0.3 is 5.97 Å². The third-order valence-electron chi connectivity index (χ3n) is 2.53. The topological polar surface area (TPSA) is 72.5 Å². The zero-order valence-electron chi connectivity index (χ0n) is 9.53. The largest absolute Gasteiger partial charge is 0.464 e. The number of carbonyl (C=O) groups excluding carboxylic acids is 3. The Bertz CT molecular complexity index is 541. The van der Waals surface area contributed by atoms with Crippen molar-refractivity contribution in [3.8, 4) is 0 Å². The number of Topliss-reactive ketones (excluding diaryl/α,β-unsaturated/α-hetero) is 2. The molecule has 6 heteroatoms. The summed E-state index contributed by atoms with van der Waals surface area (Å²) >= 11 is 2.05. The van der Waals surface area contributed by atoms with Crippen LogP contribution in [0.25, 0.3) is 0 Å². The summed E-state index contributed by atoms with van der Waals surface area (Å²) in [5.74, 6) is -2.15. The molecule has 0 fully saturated rings. The minimum Gasteiger partial charge on any atom is -0.464 e. The van der Waals surface area contributed by atoms with Crippen LogP contribution in [-0.2, 0) is 14.3 Å². The predicted octanol–water partition coefficient (Wildman–Crippen LogP) is 1.40. The van der Waals surface area contributed by atoms with Gasteiger partial charge in [-0.2, -0.15) is 0 Å². The maximum Gasteiger partial charge on any atom is 0.336 e. The first-order valence-corrected chi connectivity index (χ1v) is 6.43. The van der Waals surface area contributed by atoms with Gasteiger partial charge in [0, 0.05) is 14.8 Å². The van der Waals surface area contributed by atoms with Gasteiger partial charge in [0.15, 0.2) is 6.04 Å². The third kappa shape index (κ3) is 2.24. The average Bonchev–Trinajstić information content (AvgIpc) is 2.34. The molecule has 1 aliphatic heterocycles. The lowest BCUT2D eigenvalue weighted by Gasteiger charge is -2.23. The minimum absolute atomic E-state index is 0.165. The molecular weight excluding hydrogens is 349 g/mol. The summed E-state index contributed by atoms with van der Waals surface area (Å²) in [5.41, 5.74) is 0.783. The summed E-state index contributed by atoms with van der Waals surface area (Å²) in [6.07, 6.45) is 0. The molecule has 1 aliphatic rings. The molecule has 0 radical (unpaired) electrons. The number of nitrogens with one attached hydrogen (secondary N) is 1. The molecule has 94 valence electrons. The van der Waals surface area contributed by atoms with Gasteiger partial charge in [0.05, 0.1) is 6.61 Å². The fourth-order valence-electron chi connectivity index (χ4n) is 1.71. The molecule has 1 aromatic rings. The number of ketones is 2. The van der Waals surface area contributed by atoms with Crippen LogP contribution in [0.3, 0.4) is 0 Å². The fraction of sp³-hybridized carbons (Fsp3) is 0.250. The van der Waals surface area contributed by atoms with Crippen molar-refractivity contribution >= 4 is 45.8 Å². The number of halogens is 1. The van der Waals surface area contributed by atoms with Crippen molar-refractivity contribution in [2.24, 2.45) is 0 Å². The Hall–Kier alpha value is -1.44. The van der Waals surface area contributed by atoms with E-state index < -0.39 is 23.6 Å². The van der Waals surface area contributed by atoms with Crippen LogP contribution in [0, 0.1) is 3.57 Å². The van der Waals surface area contributed by atoms with Crippen LogP contribution in [0.1, 0.15) is 17.3 Å². The highest BCUT2D eigenvalue weighted by Gasteiger charge is 2.38. The number of benzene rings is 1. The van der Waals surface area contributed by atoms with Gasteiger partial charge in [0.25, 0.3) is 0 Å². The second-order valence-electron chi connectivity index (χ2n) is 3.71. The van der Waals surface area contributed by atoms with Gasteiger partial charge in [-0.05, 0) is 47.7 Å². The van der Waals surface area contributed by atoms with E-state index in [1.807, 2.05) is 0 Å². The molecule has 0 spiro atoms. The quantitative estimate of drug-likeness (QED) is 0.374. The molecule has 18 heavy (non-hydrogen) atoms. The third-order valence-corrected chi connectivity index (χ3v) is 3.21. The Morgan fingerprint density at radius 1 is 1.44 bits per heavy atom. The lowest BCUT2D eigenvalue weighted by molar-refractivity contribution is -0.146. The van der Waals surface area contributed by atoms with Crippen LogP contribution in [0.5, 0.6) is 0 Å². The van der Waals surface area contributed by atoms with Gasteiger partial charge in [-0.3, -0.25) is 9.59 Å². The second kappa shape index (κ2) is 5.05. The zero-order chi connectivity index (χ0) is 13.3. The lowest BCUT2D eigenvalue weighted by Crippen LogP contribution is -2.46. The number of hydrogen-bond donors (Lipinski definition) is 1. The number of esters is 1. The van der Waals surface area contributed by atoms with Crippen LogP contribution >= 0.6 is 22.6 Å². The lowest BCUT2D eigenvalue weighted by atomic mass is 9.95. The number of anilines is 1. The molecule has 0 aromatic heterocycles. The molecule has 1 atom stereocenters. The van der Waals surface area contributed by atoms with E-state index in [9.17, 15) is 14.4 Å². The molecule has 1 unspecified atom stereocenters. The highest BCUT2D eigenvalue weighted by molar-refractivity contribution is 14.1. The first-order valence-electron chi connectivity index (χ1n) is 5.36. The summed E-state index contributed by atoms with van der Waals surface area (Å²) < 4.78 is 5.61. The van der Waals surface area contributed by atoms with E-state index in [2.05, 4.69) is 27.9 Å². The maximum absolute atomic E-state index is 11.9. The standard InChI is InChI=1S/C12H10INO4/c1-2-18-12(17)9-11(16)10(15)7-5-6(13)3-4-8(7)14-9/h3-5,9,14H,2H2,1H3. The zero-order valence-corrected chi connectivity index (χ0v) is 11.7. The van der Waals surface area contributed by atoms with E-state index in [0.717, 1.165) is 3.57 Å². The van der Waals surface area contributed by atoms with Gasteiger partial charge in [-0.1, -0.05) is 0 Å². The number of carbonyl (C=O) groups is 3. The van der Waals surface area contributed by atoms with Gasteiger partial charge in [-0.15, -0.1) is 0 Å². The number of rotatable bonds is 2. The molecule has 5 nitrogen and oxygen atoms in total. The number of hydrogen-bond acceptors (Lipinski definition) is 5. The van der Waals surface area contributed by atoms with Crippen molar-refractivity contribution in [1.29, 1.82) is 0 Å². The molecule has 1 aromatic carbocycles. The van der Waals surface area contributed by atoms with Crippen LogP contribution in [0.2, 0.25) is 0 Å². The molecule has 2 rings (SSSR count). The Labute approximate surface area is 117 Å². The average molecular weight is 359 g/mol. The van der Waals surface area contributed by atoms with E-state index in [4.69, 9.17) is 4.74 Å². The van der Waals surface area contributed by atoms with Gasteiger partial charge in [0.2, 0.25) is 11.6 Å². The van der Waals surface area contributed by atoms with E-state index in [0.29, 0.717) is 11.3 Å².